The molecule has 1 aliphatic rings. The van der Waals surface area contributed by atoms with E-state index in [9.17, 15) is 4.79 Å². The molecule has 3 rings (SSSR count). The van der Waals surface area contributed by atoms with Gasteiger partial charge in [0, 0.05) is 32.4 Å². The van der Waals surface area contributed by atoms with Crippen LogP contribution in [0.2, 0.25) is 0 Å². The Morgan fingerprint density at radius 3 is 3.04 bits per heavy atom. The molecule has 0 aromatic carbocycles. The highest BCUT2D eigenvalue weighted by Crippen LogP contribution is 2.18. The highest BCUT2D eigenvalue weighted by atomic mass is 16.3. The van der Waals surface area contributed by atoms with Crippen molar-refractivity contribution in [3.8, 4) is 0 Å². The Hall–Kier alpha value is -2.12. The lowest BCUT2D eigenvalue weighted by Gasteiger charge is -2.22. The van der Waals surface area contributed by atoms with Crippen molar-refractivity contribution < 1.29 is 9.21 Å². The van der Waals surface area contributed by atoms with Gasteiger partial charge < -0.3 is 14.6 Å². The normalized spacial score (nSPS) is 18.4. The molecule has 0 spiro atoms. The summed E-state index contributed by atoms with van der Waals surface area (Å²) in [5.41, 5.74) is 1.13. The smallest absolute Gasteiger partial charge is 0.226 e. The first-order valence-corrected chi connectivity index (χ1v) is 8.29. The molecule has 24 heavy (non-hydrogen) atoms. The molecule has 7 heteroatoms. The summed E-state index contributed by atoms with van der Waals surface area (Å²) in [5.74, 6) is 0.877. The molecule has 1 N–H and O–H groups in total. The maximum Gasteiger partial charge on any atom is 0.226 e. The standard InChI is InChI=1S/C17H25N5O2/c1-20(2)8-7-18-17(23)14-10-21(13-16-4-3-9-24-16)12-15-5-6-19-22(15)11-14/h3-6,9,14H,7-8,10-13H2,1-2H3,(H,18,23)/t14-/m0/s1. The molecule has 0 bridgehead atoms. The predicted molar refractivity (Wildman–Crippen MR) is 90.1 cm³/mol. The Kier molecular flexibility index (Phi) is 5.32. The molecule has 0 aliphatic carbocycles. The fraction of sp³-hybridized carbons (Fsp3) is 0.529. The van der Waals surface area contributed by atoms with E-state index in [1.165, 1.54) is 0 Å². The van der Waals surface area contributed by atoms with Crippen molar-refractivity contribution in [3.63, 3.8) is 0 Å². The van der Waals surface area contributed by atoms with Crippen LogP contribution in [0, 0.1) is 5.92 Å². The molecule has 2 aromatic heterocycles. The minimum absolute atomic E-state index is 0.0876. The molecule has 1 aliphatic heterocycles. The average molecular weight is 331 g/mol. The minimum atomic E-state index is -0.122. The van der Waals surface area contributed by atoms with Gasteiger partial charge >= 0.3 is 0 Å². The number of carbonyl (C=O) groups is 1. The van der Waals surface area contributed by atoms with Crippen LogP contribution in [0.3, 0.4) is 0 Å². The molecular formula is C17H25N5O2. The van der Waals surface area contributed by atoms with E-state index in [0.29, 0.717) is 26.2 Å². The molecule has 1 atom stereocenters. The lowest BCUT2D eigenvalue weighted by molar-refractivity contribution is -0.126. The third-order valence-corrected chi connectivity index (χ3v) is 4.25. The zero-order chi connectivity index (χ0) is 16.9. The van der Waals surface area contributed by atoms with E-state index in [4.69, 9.17) is 4.42 Å². The molecule has 130 valence electrons. The SMILES string of the molecule is CN(C)CCNC(=O)[C@H]1CN(Cc2ccco2)Cc2ccnn2C1. The first-order chi connectivity index (χ1) is 11.6. The molecule has 0 radical (unpaired) electrons. The number of carbonyl (C=O) groups excluding carboxylic acids is 1. The summed E-state index contributed by atoms with van der Waals surface area (Å²) < 4.78 is 7.41. The summed E-state index contributed by atoms with van der Waals surface area (Å²) >= 11 is 0. The van der Waals surface area contributed by atoms with Gasteiger partial charge in [-0.1, -0.05) is 0 Å². The molecule has 0 fully saturated rings. The van der Waals surface area contributed by atoms with E-state index in [1.807, 2.05) is 37.0 Å². The van der Waals surface area contributed by atoms with Gasteiger partial charge in [0.25, 0.3) is 0 Å². The summed E-state index contributed by atoms with van der Waals surface area (Å²) in [6.07, 6.45) is 3.48. The topological polar surface area (TPSA) is 66.5 Å². The van der Waals surface area contributed by atoms with Crippen LogP contribution in [0.1, 0.15) is 11.5 Å². The molecular weight excluding hydrogens is 306 g/mol. The second-order valence-corrected chi connectivity index (χ2v) is 6.54. The Balaban J connectivity index is 1.68. The van der Waals surface area contributed by atoms with Gasteiger partial charge in [-0.25, -0.2) is 0 Å². The fourth-order valence-electron chi connectivity index (χ4n) is 2.99. The van der Waals surface area contributed by atoms with Crippen molar-refractivity contribution in [3.05, 3.63) is 42.1 Å². The van der Waals surface area contributed by atoms with Crippen LogP contribution in [0.25, 0.3) is 0 Å². The number of furan rings is 1. The first-order valence-electron chi connectivity index (χ1n) is 8.29. The number of aromatic nitrogens is 2. The van der Waals surface area contributed by atoms with Crippen molar-refractivity contribution in [2.24, 2.45) is 5.92 Å². The number of nitrogens with zero attached hydrogens (tertiary/aromatic N) is 4. The summed E-state index contributed by atoms with van der Waals surface area (Å²) in [6.45, 7) is 4.26. The number of hydrogen-bond acceptors (Lipinski definition) is 5. The monoisotopic (exact) mass is 331 g/mol. The van der Waals surface area contributed by atoms with E-state index in [0.717, 1.165) is 24.5 Å². The van der Waals surface area contributed by atoms with E-state index in [-0.39, 0.29) is 11.8 Å². The number of amides is 1. The number of fused-ring (bicyclic) bond motifs is 1. The first kappa shape index (κ1) is 16.7. The maximum absolute atomic E-state index is 12.6. The van der Waals surface area contributed by atoms with Crippen LogP contribution in [-0.4, -0.2) is 59.2 Å². The van der Waals surface area contributed by atoms with Crippen LogP contribution in [0.4, 0.5) is 0 Å². The van der Waals surface area contributed by atoms with Crippen molar-refractivity contribution >= 4 is 5.91 Å². The van der Waals surface area contributed by atoms with Crippen LogP contribution < -0.4 is 5.32 Å². The molecule has 3 heterocycles. The molecule has 0 unspecified atom stereocenters. The van der Waals surface area contributed by atoms with Crippen molar-refractivity contribution in [1.29, 1.82) is 0 Å². The highest BCUT2D eigenvalue weighted by Gasteiger charge is 2.27. The highest BCUT2D eigenvalue weighted by molar-refractivity contribution is 5.78. The van der Waals surface area contributed by atoms with E-state index >= 15 is 0 Å². The quantitative estimate of drug-likeness (QED) is 0.848. The molecule has 2 aromatic rings. The number of hydrogen-bond donors (Lipinski definition) is 1. The van der Waals surface area contributed by atoms with Crippen LogP contribution in [0.15, 0.2) is 35.1 Å². The average Bonchev–Trinajstić information content (AvgIpc) is 3.16. The van der Waals surface area contributed by atoms with Gasteiger partial charge in [-0.2, -0.15) is 5.10 Å². The van der Waals surface area contributed by atoms with Gasteiger partial charge in [-0.3, -0.25) is 14.4 Å². The van der Waals surface area contributed by atoms with Gasteiger partial charge in [0.15, 0.2) is 0 Å². The Labute approximate surface area is 142 Å². The van der Waals surface area contributed by atoms with Crippen molar-refractivity contribution in [1.82, 2.24) is 24.9 Å². The Morgan fingerprint density at radius 1 is 1.42 bits per heavy atom. The molecule has 0 saturated carbocycles. The van der Waals surface area contributed by atoms with Crippen LogP contribution in [0.5, 0.6) is 0 Å². The minimum Gasteiger partial charge on any atom is -0.468 e. The van der Waals surface area contributed by atoms with Crippen molar-refractivity contribution in [2.75, 3.05) is 33.7 Å². The summed E-state index contributed by atoms with van der Waals surface area (Å²) in [6, 6.07) is 5.87. The van der Waals surface area contributed by atoms with Crippen LogP contribution in [-0.2, 0) is 24.4 Å². The van der Waals surface area contributed by atoms with E-state index in [2.05, 4.69) is 20.2 Å². The van der Waals surface area contributed by atoms with Gasteiger partial charge in [0.1, 0.15) is 5.76 Å². The second-order valence-electron chi connectivity index (χ2n) is 6.54. The van der Waals surface area contributed by atoms with Gasteiger partial charge in [0.05, 0.1) is 31.0 Å². The molecule has 7 nitrogen and oxygen atoms in total. The Morgan fingerprint density at radius 2 is 2.29 bits per heavy atom. The number of rotatable bonds is 6. The zero-order valence-electron chi connectivity index (χ0n) is 14.3. The lowest BCUT2D eigenvalue weighted by atomic mass is 10.1. The third-order valence-electron chi connectivity index (χ3n) is 4.25. The predicted octanol–water partition coefficient (Wildman–Crippen LogP) is 0.786. The molecule has 0 saturated heterocycles. The van der Waals surface area contributed by atoms with Crippen molar-refractivity contribution in [2.45, 2.75) is 19.6 Å². The largest absolute Gasteiger partial charge is 0.468 e. The summed E-state index contributed by atoms with van der Waals surface area (Å²) in [7, 11) is 4.00. The Bertz CT molecular complexity index is 650. The maximum atomic E-state index is 12.6. The van der Waals surface area contributed by atoms with Gasteiger partial charge in [-0.05, 0) is 32.3 Å². The summed E-state index contributed by atoms with van der Waals surface area (Å²) in [5, 5.41) is 7.41. The summed E-state index contributed by atoms with van der Waals surface area (Å²) in [4.78, 5) is 16.9. The van der Waals surface area contributed by atoms with Crippen LogP contribution >= 0.6 is 0 Å². The van der Waals surface area contributed by atoms with E-state index < -0.39 is 0 Å². The number of likely N-dealkylation sites (N-methyl/N-ethyl adjacent to an activating group) is 1. The second kappa shape index (κ2) is 7.63. The number of nitrogens with one attached hydrogen (secondary N) is 1. The third kappa shape index (κ3) is 4.24. The fourth-order valence-corrected chi connectivity index (χ4v) is 2.99. The van der Waals surface area contributed by atoms with Gasteiger partial charge in [-0.15, -0.1) is 0 Å². The van der Waals surface area contributed by atoms with Gasteiger partial charge in [0.2, 0.25) is 5.91 Å². The molecule has 1 amide bonds. The zero-order valence-corrected chi connectivity index (χ0v) is 14.3. The lowest BCUT2D eigenvalue weighted by Crippen LogP contribution is -2.41. The van der Waals surface area contributed by atoms with E-state index in [1.54, 1.807) is 12.5 Å².